The minimum absolute atomic E-state index is 0.304. The number of pyridine rings is 1. The highest BCUT2D eigenvalue weighted by Gasteiger charge is 2.19. The van der Waals surface area contributed by atoms with Crippen LogP contribution in [0.3, 0.4) is 0 Å². The van der Waals surface area contributed by atoms with E-state index in [9.17, 15) is 4.79 Å². The van der Waals surface area contributed by atoms with E-state index in [0.29, 0.717) is 45.2 Å². The van der Waals surface area contributed by atoms with Crippen LogP contribution in [0.1, 0.15) is 12.8 Å². The normalized spacial score (nSPS) is 13.9. The average molecular weight is 503 g/mol. The minimum atomic E-state index is -0.304. The number of carbonyl (C=O) groups is 1. The van der Waals surface area contributed by atoms with Gasteiger partial charge in [0.05, 0.1) is 6.20 Å². The number of hydrogen-bond acceptors (Lipinski definition) is 6. The SMILES string of the molecule is C=CC(=O)Nc1cccc(Oc2c(Cl)cnc3[nH]c(-c4ccc(N(C)C5CCNCC5)cc4)nc23)c1. The number of ether oxygens (including phenoxy) is 1. The maximum absolute atomic E-state index is 11.6. The molecule has 1 amide bonds. The molecular formula is C27H27ClN6O2. The number of nitrogens with one attached hydrogen (secondary N) is 3. The first kappa shape index (κ1) is 23.8. The van der Waals surface area contributed by atoms with Crippen LogP contribution in [-0.2, 0) is 4.79 Å². The van der Waals surface area contributed by atoms with Crippen molar-refractivity contribution in [3.63, 3.8) is 0 Å². The van der Waals surface area contributed by atoms with Gasteiger partial charge in [-0.05, 0) is 68.4 Å². The highest BCUT2D eigenvalue weighted by Crippen LogP contribution is 2.36. The van der Waals surface area contributed by atoms with Crippen LogP contribution >= 0.6 is 11.6 Å². The molecule has 3 heterocycles. The summed E-state index contributed by atoms with van der Waals surface area (Å²) in [6.45, 7) is 5.58. The first-order valence-corrected chi connectivity index (χ1v) is 12.2. The van der Waals surface area contributed by atoms with Crippen molar-refractivity contribution >= 4 is 40.0 Å². The molecule has 0 spiro atoms. The third-order valence-corrected chi connectivity index (χ3v) is 6.60. The van der Waals surface area contributed by atoms with Crippen LogP contribution in [0.15, 0.2) is 67.4 Å². The van der Waals surface area contributed by atoms with Gasteiger partial charge in [0.1, 0.15) is 16.6 Å². The van der Waals surface area contributed by atoms with E-state index in [0.717, 1.165) is 31.5 Å². The molecule has 36 heavy (non-hydrogen) atoms. The van der Waals surface area contributed by atoms with Gasteiger partial charge in [-0.3, -0.25) is 4.79 Å². The van der Waals surface area contributed by atoms with E-state index in [2.05, 4.69) is 63.4 Å². The lowest BCUT2D eigenvalue weighted by atomic mass is 10.0. The summed E-state index contributed by atoms with van der Waals surface area (Å²) in [6, 6.07) is 15.9. The molecule has 1 aliphatic rings. The van der Waals surface area contributed by atoms with E-state index in [1.165, 1.54) is 18.0 Å². The molecular weight excluding hydrogens is 476 g/mol. The number of imidazole rings is 1. The molecule has 0 atom stereocenters. The van der Waals surface area contributed by atoms with Gasteiger partial charge in [0.25, 0.3) is 0 Å². The summed E-state index contributed by atoms with van der Waals surface area (Å²) in [6.07, 6.45) is 5.02. The molecule has 0 saturated carbocycles. The Bertz CT molecular complexity index is 1400. The number of piperidine rings is 1. The van der Waals surface area contributed by atoms with Gasteiger partial charge in [0.2, 0.25) is 5.91 Å². The van der Waals surface area contributed by atoms with Crippen molar-refractivity contribution in [3.05, 3.63) is 72.4 Å². The first-order chi connectivity index (χ1) is 17.5. The molecule has 2 aromatic heterocycles. The molecule has 3 N–H and O–H groups in total. The molecule has 9 heteroatoms. The average Bonchev–Trinajstić information content (AvgIpc) is 3.35. The Morgan fingerprint density at radius 2 is 2.00 bits per heavy atom. The van der Waals surface area contributed by atoms with E-state index in [-0.39, 0.29) is 5.91 Å². The second-order valence-corrected chi connectivity index (χ2v) is 9.09. The van der Waals surface area contributed by atoms with Crippen LogP contribution < -0.4 is 20.3 Å². The maximum atomic E-state index is 11.6. The zero-order chi connectivity index (χ0) is 25.1. The number of rotatable bonds is 7. The Morgan fingerprint density at radius 1 is 1.22 bits per heavy atom. The fraction of sp³-hybridized carbons (Fsp3) is 0.222. The molecule has 8 nitrogen and oxygen atoms in total. The Balaban J connectivity index is 1.40. The number of hydrogen-bond donors (Lipinski definition) is 3. The minimum Gasteiger partial charge on any atom is -0.453 e. The van der Waals surface area contributed by atoms with E-state index in [1.54, 1.807) is 24.3 Å². The third kappa shape index (κ3) is 5.05. The fourth-order valence-corrected chi connectivity index (χ4v) is 4.53. The Kier molecular flexibility index (Phi) is 6.88. The summed E-state index contributed by atoms with van der Waals surface area (Å²) in [5.41, 5.74) is 3.78. The van der Waals surface area contributed by atoms with Crippen LogP contribution in [-0.4, -0.2) is 47.0 Å². The number of benzene rings is 2. The Hall–Kier alpha value is -3.88. The van der Waals surface area contributed by atoms with Gasteiger partial charge < -0.3 is 25.3 Å². The van der Waals surface area contributed by atoms with Crippen molar-refractivity contribution in [2.24, 2.45) is 0 Å². The lowest BCUT2D eigenvalue weighted by molar-refractivity contribution is -0.111. The second kappa shape index (κ2) is 10.4. The van der Waals surface area contributed by atoms with Crippen LogP contribution in [0.5, 0.6) is 11.5 Å². The van der Waals surface area contributed by atoms with Gasteiger partial charge in [-0.1, -0.05) is 24.2 Å². The van der Waals surface area contributed by atoms with Gasteiger partial charge in [-0.2, -0.15) is 0 Å². The number of anilines is 2. The van der Waals surface area contributed by atoms with Gasteiger partial charge >= 0.3 is 0 Å². The molecule has 5 rings (SSSR count). The Morgan fingerprint density at radius 3 is 2.75 bits per heavy atom. The van der Waals surface area contributed by atoms with Crippen molar-refractivity contribution < 1.29 is 9.53 Å². The standard InChI is InChI=1S/C27H27ClN6O2/c1-3-23(35)31-18-5-4-6-21(15-18)36-25-22(28)16-30-27-24(25)32-26(33-27)17-7-9-19(10-8-17)34(2)20-11-13-29-14-12-20/h3-10,15-16,20,29H,1,11-14H2,2H3,(H,31,35)(H,30,32,33). The lowest BCUT2D eigenvalue weighted by Gasteiger charge is -2.33. The molecule has 0 aliphatic carbocycles. The molecule has 4 aromatic rings. The highest BCUT2D eigenvalue weighted by atomic mass is 35.5. The number of H-pyrrole nitrogens is 1. The summed E-state index contributed by atoms with van der Waals surface area (Å²) >= 11 is 6.45. The molecule has 2 aromatic carbocycles. The topological polar surface area (TPSA) is 95.2 Å². The van der Waals surface area contributed by atoms with E-state index in [1.807, 2.05) is 0 Å². The highest BCUT2D eigenvalue weighted by molar-refractivity contribution is 6.32. The summed E-state index contributed by atoms with van der Waals surface area (Å²) < 4.78 is 6.10. The van der Waals surface area contributed by atoms with Crippen LogP contribution in [0, 0.1) is 0 Å². The Labute approximate surface area is 214 Å². The lowest BCUT2D eigenvalue weighted by Crippen LogP contribution is -2.41. The summed E-state index contributed by atoms with van der Waals surface area (Å²) in [7, 11) is 2.15. The number of fused-ring (bicyclic) bond motifs is 1. The van der Waals surface area contributed by atoms with E-state index < -0.39 is 0 Å². The second-order valence-electron chi connectivity index (χ2n) is 8.68. The number of aromatic nitrogens is 3. The predicted octanol–water partition coefficient (Wildman–Crippen LogP) is 5.38. The van der Waals surface area contributed by atoms with Crippen LogP contribution in [0.2, 0.25) is 5.02 Å². The first-order valence-electron chi connectivity index (χ1n) is 11.8. The number of nitrogens with zero attached hydrogens (tertiary/aromatic N) is 3. The maximum Gasteiger partial charge on any atom is 0.247 e. The van der Waals surface area contributed by atoms with Gasteiger partial charge in [-0.15, -0.1) is 0 Å². The zero-order valence-electron chi connectivity index (χ0n) is 19.9. The predicted molar refractivity (Wildman–Crippen MR) is 144 cm³/mol. The molecule has 1 fully saturated rings. The zero-order valence-corrected chi connectivity index (χ0v) is 20.7. The van der Waals surface area contributed by atoms with Gasteiger partial charge in [0, 0.05) is 36.1 Å². The molecule has 0 unspecified atom stereocenters. The summed E-state index contributed by atoms with van der Waals surface area (Å²) in [4.78, 5) is 26.4. The van der Waals surface area contributed by atoms with Crippen LogP contribution in [0.4, 0.5) is 11.4 Å². The fourth-order valence-electron chi connectivity index (χ4n) is 4.35. The van der Waals surface area contributed by atoms with Gasteiger partial charge in [-0.25, -0.2) is 9.97 Å². The number of aromatic amines is 1. The molecule has 1 aliphatic heterocycles. The third-order valence-electron chi connectivity index (χ3n) is 6.33. The summed E-state index contributed by atoms with van der Waals surface area (Å²) in [5, 5.41) is 6.47. The van der Waals surface area contributed by atoms with E-state index in [4.69, 9.17) is 21.3 Å². The summed E-state index contributed by atoms with van der Waals surface area (Å²) in [5.74, 6) is 1.26. The number of carbonyl (C=O) groups excluding carboxylic acids is 1. The molecule has 1 saturated heterocycles. The van der Waals surface area contributed by atoms with Crippen molar-refractivity contribution in [1.82, 2.24) is 20.3 Å². The number of halogens is 1. The monoisotopic (exact) mass is 502 g/mol. The molecule has 184 valence electrons. The van der Waals surface area contributed by atoms with Crippen molar-refractivity contribution in [2.45, 2.75) is 18.9 Å². The van der Waals surface area contributed by atoms with Crippen molar-refractivity contribution in [3.8, 4) is 22.9 Å². The largest absolute Gasteiger partial charge is 0.453 e. The van der Waals surface area contributed by atoms with Crippen LogP contribution in [0.25, 0.3) is 22.6 Å². The van der Waals surface area contributed by atoms with Gasteiger partial charge in [0.15, 0.2) is 16.9 Å². The van der Waals surface area contributed by atoms with Crippen molar-refractivity contribution in [1.29, 1.82) is 0 Å². The smallest absolute Gasteiger partial charge is 0.247 e. The van der Waals surface area contributed by atoms with Crippen molar-refractivity contribution in [2.75, 3.05) is 30.4 Å². The number of amides is 1. The van der Waals surface area contributed by atoms with E-state index >= 15 is 0 Å². The molecule has 0 bridgehead atoms. The molecule has 0 radical (unpaired) electrons. The quantitative estimate of drug-likeness (QED) is 0.293.